The molecule has 0 aliphatic rings. The molecule has 0 saturated heterocycles. The second-order valence-electron chi connectivity index (χ2n) is 6.04. The Balaban J connectivity index is 1.62. The van der Waals surface area contributed by atoms with Gasteiger partial charge in [0.05, 0.1) is 11.8 Å². The molecular formula is C22H17ClN2O3. The molecule has 0 atom stereocenters. The molecule has 0 aromatic heterocycles. The highest BCUT2D eigenvalue weighted by Gasteiger charge is 2.08. The van der Waals surface area contributed by atoms with Gasteiger partial charge in [0, 0.05) is 10.6 Å². The number of carbonyl (C=O) groups is 2. The van der Waals surface area contributed by atoms with Crippen LogP contribution in [0, 0.1) is 6.92 Å². The smallest absolute Gasteiger partial charge is 0.343 e. The van der Waals surface area contributed by atoms with E-state index >= 15 is 0 Å². The van der Waals surface area contributed by atoms with Crippen molar-refractivity contribution in [3.63, 3.8) is 0 Å². The minimum atomic E-state index is -0.487. The van der Waals surface area contributed by atoms with Crippen molar-refractivity contribution < 1.29 is 14.3 Å². The quantitative estimate of drug-likeness (QED) is 0.298. The van der Waals surface area contributed by atoms with Crippen molar-refractivity contribution >= 4 is 29.7 Å². The van der Waals surface area contributed by atoms with Crippen molar-refractivity contribution in [1.82, 2.24) is 5.43 Å². The third-order valence-electron chi connectivity index (χ3n) is 3.81. The van der Waals surface area contributed by atoms with Gasteiger partial charge in [-0.25, -0.2) is 10.2 Å². The van der Waals surface area contributed by atoms with Gasteiger partial charge < -0.3 is 4.74 Å². The Morgan fingerprint density at radius 3 is 2.46 bits per heavy atom. The molecule has 0 unspecified atom stereocenters. The predicted molar refractivity (Wildman–Crippen MR) is 109 cm³/mol. The molecule has 3 aromatic rings. The number of hydrogen-bond acceptors (Lipinski definition) is 4. The van der Waals surface area contributed by atoms with E-state index in [4.69, 9.17) is 16.3 Å². The van der Waals surface area contributed by atoms with Gasteiger partial charge in [0.15, 0.2) is 0 Å². The molecule has 3 rings (SSSR count). The maximum Gasteiger partial charge on any atom is 0.343 e. The van der Waals surface area contributed by atoms with E-state index in [0.29, 0.717) is 27.5 Å². The standard InChI is InChI=1S/C22H17ClN2O3/c1-15-4-2-6-18(12-15)21(26)25-24-14-16-5-3-7-20(13-16)28-22(27)17-8-10-19(23)11-9-17/h2-14H,1H3,(H,25,26)/b24-14+. The molecule has 0 saturated carbocycles. The summed E-state index contributed by atoms with van der Waals surface area (Å²) in [5.74, 6) is -0.419. The number of rotatable bonds is 5. The van der Waals surface area contributed by atoms with Crippen LogP contribution in [0.5, 0.6) is 5.75 Å². The lowest BCUT2D eigenvalue weighted by Crippen LogP contribution is -2.17. The zero-order valence-electron chi connectivity index (χ0n) is 15.1. The van der Waals surface area contributed by atoms with E-state index in [1.165, 1.54) is 6.21 Å². The van der Waals surface area contributed by atoms with Crippen LogP contribution in [-0.2, 0) is 0 Å². The number of esters is 1. The minimum Gasteiger partial charge on any atom is -0.423 e. The Kier molecular flexibility index (Phi) is 6.19. The molecule has 0 fully saturated rings. The number of ether oxygens (including phenoxy) is 1. The Hall–Kier alpha value is -3.44. The second-order valence-corrected chi connectivity index (χ2v) is 6.47. The summed E-state index contributed by atoms with van der Waals surface area (Å²) in [6.45, 7) is 1.91. The SMILES string of the molecule is Cc1cccc(C(=O)N/N=C/c2cccc(OC(=O)c3ccc(Cl)cc3)c2)c1. The first-order valence-corrected chi connectivity index (χ1v) is 8.87. The highest BCUT2D eigenvalue weighted by atomic mass is 35.5. The zero-order valence-corrected chi connectivity index (χ0v) is 15.8. The van der Waals surface area contributed by atoms with Gasteiger partial charge in [0.25, 0.3) is 5.91 Å². The van der Waals surface area contributed by atoms with Gasteiger partial charge in [-0.15, -0.1) is 0 Å². The molecule has 6 heteroatoms. The molecule has 1 N–H and O–H groups in total. The molecule has 0 heterocycles. The molecule has 5 nitrogen and oxygen atoms in total. The third-order valence-corrected chi connectivity index (χ3v) is 4.06. The number of hydrogen-bond donors (Lipinski definition) is 1. The number of nitrogens with zero attached hydrogens (tertiary/aromatic N) is 1. The lowest BCUT2D eigenvalue weighted by molar-refractivity contribution is 0.0734. The van der Waals surface area contributed by atoms with E-state index < -0.39 is 5.97 Å². The van der Waals surface area contributed by atoms with Gasteiger partial charge in [-0.2, -0.15) is 5.10 Å². The lowest BCUT2D eigenvalue weighted by Gasteiger charge is -2.05. The molecule has 0 spiro atoms. The van der Waals surface area contributed by atoms with Gasteiger partial charge in [-0.3, -0.25) is 4.79 Å². The van der Waals surface area contributed by atoms with Gasteiger partial charge in [-0.05, 0) is 61.0 Å². The van der Waals surface area contributed by atoms with Crippen LogP contribution in [-0.4, -0.2) is 18.1 Å². The van der Waals surface area contributed by atoms with Crippen molar-refractivity contribution in [3.05, 3.63) is 100 Å². The summed E-state index contributed by atoms with van der Waals surface area (Å²) >= 11 is 5.82. The number of halogens is 1. The van der Waals surface area contributed by atoms with Crippen LogP contribution in [0.2, 0.25) is 5.02 Å². The van der Waals surface area contributed by atoms with Crippen molar-refractivity contribution in [3.8, 4) is 5.75 Å². The average molecular weight is 393 g/mol. The summed E-state index contributed by atoms with van der Waals surface area (Å²) < 4.78 is 5.36. The summed E-state index contributed by atoms with van der Waals surface area (Å²) in [7, 11) is 0. The van der Waals surface area contributed by atoms with Crippen LogP contribution >= 0.6 is 11.6 Å². The van der Waals surface area contributed by atoms with Gasteiger partial charge in [0.2, 0.25) is 0 Å². The van der Waals surface area contributed by atoms with Crippen molar-refractivity contribution in [2.45, 2.75) is 6.92 Å². The molecule has 28 heavy (non-hydrogen) atoms. The topological polar surface area (TPSA) is 67.8 Å². The van der Waals surface area contributed by atoms with Crippen molar-refractivity contribution in [1.29, 1.82) is 0 Å². The Labute approximate surface area is 167 Å². The summed E-state index contributed by atoms with van der Waals surface area (Å²) in [6.07, 6.45) is 1.48. The summed E-state index contributed by atoms with van der Waals surface area (Å²) in [5, 5.41) is 4.50. The number of benzene rings is 3. The largest absolute Gasteiger partial charge is 0.423 e. The van der Waals surface area contributed by atoms with Gasteiger partial charge >= 0.3 is 5.97 Å². The maximum atomic E-state index is 12.2. The summed E-state index contributed by atoms with van der Waals surface area (Å²) in [6, 6.07) is 20.5. The highest BCUT2D eigenvalue weighted by Crippen LogP contribution is 2.16. The van der Waals surface area contributed by atoms with Crippen LogP contribution in [0.3, 0.4) is 0 Å². The van der Waals surface area contributed by atoms with Crippen LogP contribution < -0.4 is 10.2 Å². The Morgan fingerprint density at radius 2 is 1.71 bits per heavy atom. The van der Waals surface area contributed by atoms with Crippen LogP contribution in [0.15, 0.2) is 77.9 Å². The predicted octanol–water partition coefficient (Wildman–Crippen LogP) is 4.63. The number of nitrogens with one attached hydrogen (secondary N) is 1. The minimum absolute atomic E-state index is 0.301. The first-order chi connectivity index (χ1) is 13.5. The number of amides is 1. The lowest BCUT2D eigenvalue weighted by atomic mass is 10.1. The van der Waals surface area contributed by atoms with Crippen LogP contribution in [0.4, 0.5) is 0 Å². The van der Waals surface area contributed by atoms with Gasteiger partial charge in [0.1, 0.15) is 5.75 Å². The van der Waals surface area contributed by atoms with E-state index in [0.717, 1.165) is 5.56 Å². The third kappa shape index (κ3) is 5.28. The van der Waals surface area contributed by atoms with Crippen LogP contribution in [0.1, 0.15) is 31.8 Å². The maximum absolute atomic E-state index is 12.2. The highest BCUT2D eigenvalue weighted by molar-refractivity contribution is 6.30. The summed E-state index contributed by atoms with van der Waals surface area (Å²) in [4.78, 5) is 24.2. The monoisotopic (exact) mass is 392 g/mol. The second kappa shape index (κ2) is 8.97. The van der Waals surface area contributed by atoms with Gasteiger partial charge in [-0.1, -0.05) is 41.4 Å². The molecular weight excluding hydrogens is 376 g/mol. The molecule has 0 bridgehead atoms. The van der Waals surface area contributed by atoms with E-state index in [1.807, 2.05) is 19.1 Å². The molecule has 0 aliphatic carbocycles. The normalized spacial score (nSPS) is 10.6. The number of aryl methyl sites for hydroxylation is 1. The Bertz CT molecular complexity index is 1030. The summed E-state index contributed by atoms with van der Waals surface area (Å²) in [5.41, 5.74) is 5.07. The average Bonchev–Trinajstić information content (AvgIpc) is 2.68. The number of carbonyl (C=O) groups excluding carboxylic acids is 2. The van der Waals surface area contributed by atoms with E-state index in [2.05, 4.69) is 10.5 Å². The number of hydrazone groups is 1. The molecule has 0 radical (unpaired) electrons. The molecule has 1 amide bonds. The fourth-order valence-electron chi connectivity index (χ4n) is 2.43. The van der Waals surface area contributed by atoms with E-state index in [-0.39, 0.29) is 5.91 Å². The van der Waals surface area contributed by atoms with E-state index in [1.54, 1.807) is 60.7 Å². The molecule has 3 aromatic carbocycles. The zero-order chi connectivity index (χ0) is 19.9. The van der Waals surface area contributed by atoms with Crippen LogP contribution in [0.25, 0.3) is 0 Å². The van der Waals surface area contributed by atoms with Crippen molar-refractivity contribution in [2.75, 3.05) is 0 Å². The van der Waals surface area contributed by atoms with Crippen molar-refractivity contribution in [2.24, 2.45) is 5.10 Å². The molecule has 0 aliphatic heterocycles. The first kappa shape index (κ1) is 19.3. The fourth-order valence-corrected chi connectivity index (χ4v) is 2.55. The Morgan fingerprint density at radius 1 is 0.964 bits per heavy atom. The first-order valence-electron chi connectivity index (χ1n) is 8.49. The molecule has 140 valence electrons. The van der Waals surface area contributed by atoms with E-state index in [9.17, 15) is 9.59 Å². The fraction of sp³-hybridized carbons (Fsp3) is 0.0455.